The predicted molar refractivity (Wildman–Crippen MR) is 67.5 cm³/mol. The number of benzene rings is 1. The molecule has 1 aromatic heterocycles. The highest BCUT2D eigenvalue weighted by Gasteiger charge is 2.07. The van der Waals surface area contributed by atoms with Crippen molar-refractivity contribution in [1.29, 1.82) is 5.26 Å². The molecule has 3 heteroatoms. The summed E-state index contributed by atoms with van der Waals surface area (Å²) in [7, 11) is 0. The van der Waals surface area contributed by atoms with E-state index in [1.165, 1.54) is 5.56 Å². The van der Waals surface area contributed by atoms with Gasteiger partial charge >= 0.3 is 0 Å². The van der Waals surface area contributed by atoms with Crippen molar-refractivity contribution in [2.24, 2.45) is 0 Å². The van der Waals surface area contributed by atoms with E-state index in [-0.39, 0.29) is 6.04 Å². The molecule has 1 atom stereocenters. The van der Waals surface area contributed by atoms with Gasteiger partial charge in [-0.05, 0) is 41.4 Å². The first-order valence-corrected chi connectivity index (χ1v) is 6.03. The van der Waals surface area contributed by atoms with Crippen LogP contribution in [0.4, 0.5) is 5.69 Å². The van der Waals surface area contributed by atoms with Gasteiger partial charge in [-0.3, -0.25) is 0 Å². The number of nitrogens with one attached hydrogen (secondary N) is 1. The van der Waals surface area contributed by atoms with Crippen molar-refractivity contribution in [3.63, 3.8) is 0 Å². The summed E-state index contributed by atoms with van der Waals surface area (Å²) >= 11 is 1.68. The van der Waals surface area contributed by atoms with Gasteiger partial charge in [0, 0.05) is 6.04 Å². The lowest BCUT2D eigenvalue weighted by atomic mass is 10.1. The summed E-state index contributed by atoms with van der Waals surface area (Å²) in [4.78, 5) is 0. The Kier molecular flexibility index (Phi) is 3.23. The van der Waals surface area contributed by atoms with Gasteiger partial charge in [0.05, 0.1) is 11.3 Å². The lowest BCUT2D eigenvalue weighted by Crippen LogP contribution is -2.06. The minimum Gasteiger partial charge on any atom is -0.377 e. The summed E-state index contributed by atoms with van der Waals surface area (Å²) < 4.78 is 0. The van der Waals surface area contributed by atoms with Crippen LogP contribution in [0.2, 0.25) is 0 Å². The Balaban J connectivity index is 2.19. The Morgan fingerprint density at radius 3 is 2.81 bits per heavy atom. The van der Waals surface area contributed by atoms with Crippen LogP contribution in [0.3, 0.4) is 0 Å². The highest BCUT2D eigenvalue weighted by Crippen LogP contribution is 2.23. The number of nitriles is 1. The zero-order valence-electron chi connectivity index (χ0n) is 8.97. The molecule has 2 nitrogen and oxygen atoms in total. The van der Waals surface area contributed by atoms with Gasteiger partial charge in [-0.15, -0.1) is 0 Å². The maximum Gasteiger partial charge on any atom is 0.101 e. The SMILES string of the molecule is CC(Nc1ccccc1C#N)c1ccsc1. The second-order valence-corrected chi connectivity index (χ2v) is 4.36. The van der Waals surface area contributed by atoms with Crippen molar-refractivity contribution < 1.29 is 0 Å². The first-order chi connectivity index (χ1) is 7.81. The van der Waals surface area contributed by atoms with Crippen molar-refractivity contribution in [1.82, 2.24) is 0 Å². The minimum absolute atomic E-state index is 0.223. The second-order valence-electron chi connectivity index (χ2n) is 3.58. The summed E-state index contributed by atoms with van der Waals surface area (Å²) in [6, 6.07) is 12.1. The summed E-state index contributed by atoms with van der Waals surface area (Å²) in [6.07, 6.45) is 0. The van der Waals surface area contributed by atoms with Gasteiger partial charge < -0.3 is 5.32 Å². The van der Waals surface area contributed by atoms with Crippen molar-refractivity contribution in [2.75, 3.05) is 5.32 Å². The number of hydrogen-bond acceptors (Lipinski definition) is 3. The molecule has 0 aliphatic carbocycles. The van der Waals surface area contributed by atoms with Gasteiger partial charge in [-0.25, -0.2) is 0 Å². The molecular weight excluding hydrogens is 216 g/mol. The lowest BCUT2D eigenvalue weighted by molar-refractivity contribution is 0.890. The third-order valence-electron chi connectivity index (χ3n) is 2.46. The molecule has 0 bridgehead atoms. The highest BCUT2D eigenvalue weighted by molar-refractivity contribution is 7.07. The van der Waals surface area contributed by atoms with Crippen LogP contribution < -0.4 is 5.32 Å². The zero-order chi connectivity index (χ0) is 11.4. The summed E-state index contributed by atoms with van der Waals surface area (Å²) in [5.74, 6) is 0. The average molecular weight is 228 g/mol. The third kappa shape index (κ3) is 2.23. The third-order valence-corrected chi connectivity index (χ3v) is 3.16. The predicted octanol–water partition coefficient (Wildman–Crippen LogP) is 3.79. The van der Waals surface area contributed by atoms with Crippen LogP contribution in [0.5, 0.6) is 0 Å². The Bertz CT molecular complexity index is 497. The topological polar surface area (TPSA) is 35.8 Å². The fraction of sp³-hybridized carbons (Fsp3) is 0.154. The van der Waals surface area contributed by atoms with E-state index >= 15 is 0 Å². The normalized spacial score (nSPS) is 11.8. The Hall–Kier alpha value is -1.79. The van der Waals surface area contributed by atoms with Crippen LogP contribution >= 0.6 is 11.3 Å². The molecule has 0 saturated heterocycles. The monoisotopic (exact) mass is 228 g/mol. The average Bonchev–Trinajstić information content (AvgIpc) is 2.83. The number of hydrogen-bond donors (Lipinski definition) is 1. The molecule has 1 aromatic carbocycles. The van der Waals surface area contributed by atoms with Crippen LogP contribution in [0.25, 0.3) is 0 Å². The van der Waals surface area contributed by atoms with Gasteiger partial charge in [0.2, 0.25) is 0 Å². The number of nitrogens with zero attached hydrogens (tertiary/aromatic N) is 1. The molecular formula is C13H12N2S. The number of anilines is 1. The molecule has 0 radical (unpaired) electrons. The molecule has 1 heterocycles. The first-order valence-electron chi connectivity index (χ1n) is 5.09. The van der Waals surface area contributed by atoms with Crippen LogP contribution in [-0.4, -0.2) is 0 Å². The van der Waals surface area contributed by atoms with Gasteiger partial charge in [-0.1, -0.05) is 12.1 Å². The van der Waals surface area contributed by atoms with E-state index in [0.29, 0.717) is 5.56 Å². The van der Waals surface area contributed by atoms with E-state index < -0.39 is 0 Å². The lowest BCUT2D eigenvalue weighted by Gasteiger charge is -2.14. The number of para-hydroxylation sites is 1. The second kappa shape index (κ2) is 4.82. The largest absolute Gasteiger partial charge is 0.377 e. The Morgan fingerprint density at radius 2 is 2.12 bits per heavy atom. The quantitative estimate of drug-likeness (QED) is 0.867. The van der Waals surface area contributed by atoms with Crippen molar-refractivity contribution in [2.45, 2.75) is 13.0 Å². The van der Waals surface area contributed by atoms with Crippen molar-refractivity contribution in [3.8, 4) is 6.07 Å². The fourth-order valence-corrected chi connectivity index (χ4v) is 2.30. The maximum absolute atomic E-state index is 8.97. The molecule has 2 aromatic rings. The number of rotatable bonds is 3. The van der Waals surface area contributed by atoms with Crippen LogP contribution in [0.15, 0.2) is 41.1 Å². The number of thiophene rings is 1. The molecule has 0 amide bonds. The molecule has 0 aliphatic heterocycles. The molecule has 16 heavy (non-hydrogen) atoms. The molecule has 0 aliphatic rings. The summed E-state index contributed by atoms with van der Waals surface area (Å²) in [6.45, 7) is 2.09. The van der Waals surface area contributed by atoms with Crippen LogP contribution in [0.1, 0.15) is 24.1 Å². The molecule has 0 saturated carbocycles. The minimum atomic E-state index is 0.223. The molecule has 1 N–H and O–H groups in total. The van der Waals surface area contributed by atoms with Crippen LogP contribution in [-0.2, 0) is 0 Å². The smallest absolute Gasteiger partial charge is 0.101 e. The summed E-state index contributed by atoms with van der Waals surface area (Å²) in [5.41, 5.74) is 2.83. The maximum atomic E-state index is 8.97. The van der Waals surface area contributed by atoms with E-state index in [4.69, 9.17) is 5.26 Å². The Labute approximate surface area is 99.2 Å². The van der Waals surface area contributed by atoms with Gasteiger partial charge in [-0.2, -0.15) is 16.6 Å². The van der Waals surface area contributed by atoms with Gasteiger partial charge in [0.15, 0.2) is 0 Å². The molecule has 0 spiro atoms. The van der Waals surface area contributed by atoms with Crippen molar-refractivity contribution >= 4 is 17.0 Å². The summed E-state index contributed by atoms with van der Waals surface area (Å²) in [5, 5.41) is 16.5. The van der Waals surface area contributed by atoms with E-state index in [1.807, 2.05) is 24.3 Å². The molecule has 0 fully saturated rings. The van der Waals surface area contributed by atoms with Gasteiger partial charge in [0.25, 0.3) is 0 Å². The standard InChI is InChI=1S/C13H12N2S/c1-10(12-6-7-16-9-12)15-13-5-3-2-4-11(13)8-14/h2-7,9-10,15H,1H3. The first kappa shape index (κ1) is 10.7. The van der Waals surface area contributed by atoms with Crippen molar-refractivity contribution in [3.05, 3.63) is 52.2 Å². The van der Waals surface area contributed by atoms with Crippen LogP contribution in [0, 0.1) is 11.3 Å². The zero-order valence-corrected chi connectivity index (χ0v) is 9.79. The van der Waals surface area contributed by atoms with E-state index in [0.717, 1.165) is 5.69 Å². The van der Waals surface area contributed by atoms with E-state index in [1.54, 1.807) is 11.3 Å². The highest BCUT2D eigenvalue weighted by atomic mass is 32.1. The van der Waals surface area contributed by atoms with E-state index in [9.17, 15) is 0 Å². The Morgan fingerprint density at radius 1 is 1.31 bits per heavy atom. The molecule has 80 valence electrons. The fourth-order valence-electron chi connectivity index (χ4n) is 1.54. The molecule has 1 unspecified atom stereocenters. The molecule has 2 rings (SSSR count). The van der Waals surface area contributed by atoms with E-state index in [2.05, 4.69) is 35.1 Å². The van der Waals surface area contributed by atoms with Gasteiger partial charge in [0.1, 0.15) is 6.07 Å².